The lowest BCUT2D eigenvalue weighted by molar-refractivity contribution is 0.349. The minimum Gasteiger partial charge on any atom is -0.496 e. The third kappa shape index (κ3) is 4.33. The number of halogens is 1. The molecule has 1 aliphatic heterocycles. The Labute approximate surface area is 187 Å². The van der Waals surface area contributed by atoms with Crippen molar-refractivity contribution in [1.82, 2.24) is 4.31 Å². The summed E-state index contributed by atoms with van der Waals surface area (Å²) in [5.74, 6) is 1.02. The number of benzene rings is 2. The molecule has 2 aromatic rings. The fourth-order valence-corrected chi connectivity index (χ4v) is 5.03. The van der Waals surface area contributed by atoms with Crippen LogP contribution in [0.3, 0.4) is 0 Å². The van der Waals surface area contributed by atoms with E-state index < -0.39 is 20.7 Å². The molecular formula is C22H26FNO7S. The monoisotopic (exact) mass is 467 g/mol. The van der Waals surface area contributed by atoms with Crippen molar-refractivity contribution in [1.29, 1.82) is 0 Å². The Morgan fingerprint density at radius 2 is 1.38 bits per heavy atom. The lowest BCUT2D eigenvalue weighted by Crippen LogP contribution is -2.35. The van der Waals surface area contributed by atoms with Crippen molar-refractivity contribution >= 4 is 15.6 Å². The van der Waals surface area contributed by atoms with Gasteiger partial charge < -0.3 is 23.7 Å². The summed E-state index contributed by atoms with van der Waals surface area (Å²) in [5, 5.41) is 0. The van der Waals surface area contributed by atoms with Gasteiger partial charge in [0.2, 0.25) is 10.0 Å². The van der Waals surface area contributed by atoms with Gasteiger partial charge in [0, 0.05) is 37.4 Å². The third-order valence-corrected chi connectivity index (χ3v) is 7.14. The zero-order valence-electron chi connectivity index (χ0n) is 18.6. The van der Waals surface area contributed by atoms with Gasteiger partial charge in [-0.3, -0.25) is 0 Å². The van der Waals surface area contributed by atoms with E-state index in [1.54, 1.807) is 25.3 Å². The molecule has 3 rings (SSSR count). The van der Waals surface area contributed by atoms with Crippen molar-refractivity contribution in [2.75, 3.05) is 48.6 Å². The van der Waals surface area contributed by atoms with Crippen LogP contribution in [0.25, 0.3) is 5.57 Å². The fourth-order valence-electron chi connectivity index (χ4n) is 3.59. The quantitative estimate of drug-likeness (QED) is 0.589. The summed E-state index contributed by atoms with van der Waals surface area (Å²) in [6, 6.07) is 5.61. The van der Waals surface area contributed by atoms with Crippen molar-refractivity contribution in [3.63, 3.8) is 0 Å². The molecule has 0 atom stereocenters. The second-order valence-corrected chi connectivity index (χ2v) is 8.79. The van der Waals surface area contributed by atoms with Gasteiger partial charge in [-0.15, -0.1) is 0 Å². The Bertz CT molecular complexity index is 1110. The number of methoxy groups -OCH3 is 5. The highest BCUT2D eigenvalue weighted by atomic mass is 32.2. The number of ether oxygens (including phenoxy) is 5. The van der Waals surface area contributed by atoms with E-state index in [4.69, 9.17) is 23.7 Å². The molecule has 0 N–H and O–H groups in total. The molecule has 0 spiro atoms. The summed E-state index contributed by atoms with van der Waals surface area (Å²) in [6.07, 6.45) is 2.15. The number of hydrogen-bond acceptors (Lipinski definition) is 7. The molecule has 0 bridgehead atoms. The summed E-state index contributed by atoms with van der Waals surface area (Å²) in [6.45, 7) is 0.212. The first-order chi connectivity index (χ1) is 15.3. The lowest BCUT2D eigenvalue weighted by atomic mass is 9.98. The maximum absolute atomic E-state index is 14.6. The second kappa shape index (κ2) is 9.66. The molecule has 0 fully saturated rings. The zero-order chi connectivity index (χ0) is 23.5. The molecule has 1 heterocycles. The van der Waals surface area contributed by atoms with E-state index in [0.717, 1.165) is 23.3 Å². The van der Waals surface area contributed by atoms with Crippen molar-refractivity contribution < 1.29 is 36.5 Å². The highest BCUT2D eigenvalue weighted by molar-refractivity contribution is 7.89. The molecule has 0 aromatic heterocycles. The number of nitrogens with zero attached hydrogens (tertiary/aromatic N) is 1. The summed E-state index contributed by atoms with van der Waals surface area (Å²) in [7, 11) is 3.23. The van der Waals surface area contributed by atoms with Gasteiger partial charge >= 0.3 is 0 Å². The van der Waals surface area contributed by atoms with Crippen LogP contribution in [0.1, 0.15) is 12.0 Å². The van der Waals surface area contributed by atoms with Crippen LogP contribution in [0.2, 0.25) is 0 Å². The van der Waals surface area contributed by atoms with Crippen molar-refractivity contribution in [2.45, 2.75) is 11.3 Å². The summed E-state index contributed by atoms with van der Waals surface area (Å²) in [4.78, 5) is -0.466. The van der Waals surface area contributed by atoms with Gasteiger partial charge in [-0.2, -0.15) is 4.31 Å². The maximum Gasteiger partial charge on any atom is 0.246 e. The molecule has 0 aliphatic carbocycles. The number of hydrogen-bond donors (Lipinski definition) is 0. The maximum atomic E-state index is 14.6. The first-order valence-electron chi connectivity index (χ1n) is 9.71. The Balaban J connectivity index is 1.95. The van der Waals surface area contributed by atoms with Crippen LogP contribution < -0.4 is 23.7 Å². The van der Waals surface area contributed by atoms with E-state index in [2.05, 4.69) is 0 Å². The fraction of sp³-hybridized carbons (Fsp3) is 0.364. The topological polar surface area (TPSA) is 83.5 Å². The van der Waals surface area contributed by atoms with E-state index >= 15 is 0 Å². The Kier molecular flexibility index (Phi) is 7.15. The molecule has 0 saturated heterocycles. The molecule has 0 saturated carbocycles. The first kappa shape index (κ1) is 23.7. The molecular weight excluding hydrogens is 441 g/mol. The van der Waals surface area contributed by atoms with E-state index in [9.17, 15) is 12.8 Å². The van der Waals surface area contributed by atoms with Crippen LogP contribution in [0.15, 0.2) is 35.2 Å². The highest BCUT2D eigenvalue weighted by Gasteiger charge is 2.31. The van der Waals surface area contributed by atoms with Crippen LogP contribution in [0.4, 0.5) is 4.39 Å². The van der Waals surface area contributed by atoms with Gasteiger partial charge in [-0.1, -0.05) is 6.08 Å². The van der Waals surface area contributed by atoms with Crippen LogP contribution >= 0.6 is 0 Å². The first-order valence-corrected chi connectivity index (χ1v) is 11.2. The van der Waals surface area contributed by atoms with Gasteiger partial charge in [0.05, 0.1) is 41.1 Å². The molecule has 0 amide bonds. The summed E-state index contributed by atoms with van der Waals surface area (Å²) in [5.41, 5.74) is 1.59. The van der Waals surface area contributed by atoms with Crippen LogP contribution in [-0.2, 0) is 10.0 Å². The van der Waals surface area contributed by atoms with Gasteiger partial charge in [0.1, 0.15) is 28.0 Å². The van der Waals surface area contributed by atoms with Gasteiger partial charge in [-0.05, 0) is 12.0 Å². The Morgan fingerprint density at radius 1 is 0.812 bits per heavy atom. The molecule has 0 radical (unpaired) electrons. The van der Waals surface area contributed by atoms with Crippen LogP contribution in [-0.4, -0.2) is 61.4 Å². The molecule has 2 aromatic carbocycles. The third-order valence-electron chi connectivity index (χ3n) is 5.26. The van der Waals surface area contributed by atoms with E-state index in [-0.39, 0.29) is 24.6 Å². The zero-order valence-corrected chi connectivity index (χ0v) is 19.4. The molecule has 0 unspecified atom stereocenters. The number of rotatable bonds is 8. The highest BCUT2D eigenvalue weighted by Crippen LogP contribution is 2.41. The predicted molar refractivity (Wildman–Crippen MR) is 117 cm³/mol. The van der Waals surface area contributed by atoms with Crippen molar-refractivity contribution in [3.05, 3.63) is 41.7 Å². The smallest absolute Gasteiger partial charge is 0.246 e. The standard InChI is InChI=1S/C22H26FNO7S/c1-27-15-10-19(30-4)22(20(11-15)31-5)14-6-8-24(9-7-14)32(25,26)21-13-18(29-3)17(28-2)12-16(21)23/h6,10-13H,7-9H2,1-5H3. The van der Waals surface area contributed by atoms with E-state index in [1.165, 1.54) is 32.7 Å². The Hall–Kier alpha value is -2.98. The largest absolute Gasteiger partial charge is 0.496 e. The molecule has 1 aliphatic rings. The van der Waals surface area contributed by atoms with Crippen LogP contribution in [0, 0.1) is 5.82 Å². The van der Waals surface area contributed by atoms with Crippen molar-refractivity contribution in [2.24, 2.45) is 0 Å². The SMILES string of the molecule is COc1cc(OC)c(C2=CCN(S(=O)(=O)c3cc(OC)c(OC)cc3F)CC2)c(OC)c1. The number of sulfonamides is 1. The molecule has 10 heteroatoms. The minimum atomic E-state index is -4.10. The average molecular weight is 468 g/mol. The normalized spacial score (nSPS) is 14.5. The summed E-state index contributed by atoms with van der Waals surface area (Å²) < 4.78 is 68.6. The predicted octanol–water partition coefficient (Wildman–Crippen LogP) is 3.35. The molecule has 8 nitrogen and oxygen atoms in total. The van der Waals surface area contributed by atoms with Crippen molar-refractivity contribution in [3.8, 4) is 28.7 Å². The second-order valence-electron chi connectivity index (χ2n) is 6.89. The molecule has 174 valence electrons. The molecule has 32 heavy (non-hydrogen) atoms. The van der Waals surface area contributed by atoms with Crippen LogP contribution in [0.5, 0.6) is 28.7 Å². The van der Waals surface area contributed by atoms with Gasteiger partial charge in [0.15, 0.2) is 11.5 Å². The van der Waals surface area contributed by atoms with E-state index in [0.29, 0.717) is 23.7 Å². The van der Waals surface area contributed by atoms with E-state index in [1.807, 2.05) is 0 Å². The van der Waals surface area contributed by atoms with Gasteiger partial charge in [0.25, 0.3) is 0 Å². The summed E-state index contributed by atoms with van der Waals surface area (Å²) >= 11 is 0. The van der Waals surface area contributed by atoms with Gasteiger partial charge in [-0.25, -0.2) is 12.8 Å². The average Bonchev–Trinajstić information content (AvgIpc) is 2.82. The lowest BCUT2D eigenvalue weighted by Gasteiger charge is -2.27. The Morgan fingerprint density at radius 3 is 1.84 bits per heavy atom. The minimum absolute atomic E-state index is 0.0593.